The van der Waals surface area contributed by atoms with Crippen LogP contribution in [0.5, 0.6) is 0 Å². The Morgan fingerprint density at radius 1 is 0.321 bits per heavy atom. The number of fused-ring (bicyclic) bond motifs is 4. The molecule has 12 rings (SSSR count). The molecule has 12 aromatic rings. The topological polar surface area (TPSA) is 12.6 Å². The van der Waals surface area contributed by atoms with Crippen molar-refractivity contribution in [3.63, 3.8) is 0 Å². The fraction of sp³-hybridized carbons (Fsp3) is 0. The third kappa shape index (κ3) is 3.94. The van der Waals surface area contributed by atoms with E-state index in [0.29, 0.717) is 0 Å². The summed E-state index contributed by atoms with van der Waals surface area (Å²) in [4.78, 5) is 2.30. The zero-order valence-electron chi connectivity index (χ0n) is 28.7. The van der Waals surface area contributed by atoms with Gasteiger partial charge in [-0.1, -0.05) is 115 Å². The summed E-state index contributed by atoms with van der Waals surface area (Å²) in [6, 6.07) is 68.7. The van der Waals surface area contributed by atoms with Gasteiger partial charge in [0.2, 0.25) is 0 Å². The molecule has 3 nitrogen and oxygen atoms in total. The largest absolute Gasteiger partial charge is 0.311 e. The molecule has 0 saturated carbocycles. The van der Waals surface area contributed by atoms with Gasteiger partial charge < -0.3 is 13.9 Å². The lowest BCUT2D eigenvalue weighted by Crippen LogP contribution is -2.09. The first-order valence-corrected chi connectivity index (χ1v) is 18.3. The Hall–Kier alpha value is -7.10. The van der Waals surface area contributed by atoms with Crippen LogP contribution in [-0.2, 0) is 0 Å². The quantitative estimate of drug-likeness (QED) is 0.166. The van der Waals surface area contributed by atoms with Crippen LogP contribution in [0, 0.1) is 0 Å². The number of hydrogen-bond acceptors (Lipinski definition) is 1. The molecule has 0 unspecified atom stereocenters. The van der Waals surface area contributed by atoms with Crippen LogP contribution in [0.4, 0.5) is 17.1 Å². The summed E-state index contributed by atoms with van der Waals surface area (Å²) >= 11 is 0. The van der Waals surface area contributed by atoms with Gasteiger partial charge in [-0.15, -0.1) is 0 Å². The highest BCUT2D eigenvalue weighted by atomic mass is 15.1. The number of benzene rings is 9. The molecule has 53 heavy (non-hydrogen) atoms. The van der Waals surface area contributed by atoms with Crippen molar-refractivity contribution >= 4 is 87.7 Å². The Labute approximate surface area is 305 Å². The van der Waals surface area contributed by atoms with Crippen molar-refractivity contribution in [2.45, 2.75) is 0 Å². The lowest BCUT2D eigenvalue weighted by Gasteiger charge is -2.25. The molecule has 9 aromatic carbocycles. The molecule has 0 bridgehead atoms. The number of hydrogen-bond donors (Lipinski definition) is 0. The molecule has 3 heterocycles. The molecule has 0 fully saturated rings. The summed E-state index contributed by atoms with van der Waals surface area (Å²) in [5.74, 6) is 0. The number of anilines is 3. The summed E-state index contributed by atoms with van der Waals surface area (Å²) < 4.78 is 5.00. The maximum atomic E-state index is 2.53. The van der Waals surface area contributed by atoms with Gasteiger partial charge in [-0.25, -0.2) is 0 Å². The van der Waals surface area contributed by atoms with Crippen molar-refractivity contribution < 1.29 is 0 Å². The van der Waals surface area contributed by atoms with E-state index in [1.807, 2.05) is 0 Å². The number of para-hydroxylation sites is 3. The third-order valence-corrected chi connectivity index (χ3v) is 11.4. The minimum Gasteiger partial charge on any atom is -0.311 e. The standard InChI is InChI=1S/C50H31N3/c1-3-11-36(12-4-1)51(37-13-5-2-6-14-37)38-25-20-32(21-26-38)33-22-27-39(28-23-33)52-44-30-24-35-19-18-34-10-9-17-43-46(34)47(35)48(44)49-45(52)31-29-41-40-15-7-8-16-42(40)53(43)50(41)49/h1-31H. The second-order valence-electron chi connectivity index (χ2n) is 14.1. The van der Waals surface area contributed by atoms with E-state index in [4.69, 9.17) is 0 Å². The molecule has 0 atom stereocenters. The first-order chi connectivity index (χ1) is 26.3. The van der Waals surface area contributed by atoms with Gasteiger partial charge in [-0.05, 0) is 94.7 Å². The Kier molecular flexibility index (Phi) is 5.77. The van der Waals surface area contributed by atoms with Crippen LogP contribution >= 0.6 is 0 Å². The van der Waals surface area contributed by atoms with E-state index in [2.05, 4.69) is 202 Å². The summed E-state index contributed by atoms with van der Waals surface area (Å²) in [6.45, 7) is 0. The number of rotatable bonds is 5. The van der Waals surface area contributed by atoms with Gasteiger partial charge in [0, 0.05) is 55.1 Å². The third-order valence-electron chi connectivity index (χ3n) is 11.4. The summed E-state index contributed by atoms with van der Waals surface area (Å²) in [7, 11) is 0. The summed E-state index contributed by atoms with van der Waals surface area (Å²) in [5.41, 5.74) is 13.2. The van der Waals surface area contributed by atoms with Gasteiger partial charge in [0.1, 0.15) is 0 Å². The van der Waals surface area contributed by atoms with E-state index < -0.39 is 0 Å². The van der Waals surface area contributed by atoms with E-state index in [9.17, 15) is 0 Å². The predicted molar refractivity (Wildman–Crippen MR) is 224 cm³/mol. The van der Waals surface area contributed by atoms with Crippen LogP contribution in [0.15, 0.2) is 188 Å². The van der Waals surface area contributed by atoms with Crippen molar-refractivity contribution in [1.82, 2.24) is 8.97 Å². The van der Waals surface area contributed by atoms with Crippen LogP contribution in [0.3, 0.4) is 0 Å². The highest BCUT2D eigenvalue weighted by Gasteiger charge is 2.24. The van der Waals surface area contributed by atoms with Crippen LogP contribution in [0.1, 0.15) is 0 Å². The molecule has 246 valence electrons. The lowest BCUT2D eigenvalue weighted by molar-refractivity contribution is 1.18. The monoisotopic (exact) mass is 673 g/mol. The maximum absolute atomic E-state index is 2.53. The van der Waals surface area contributed by atoms with Crippen LogP contribution in [0.2, 0.25) is 0 Å². The van der Waals surface area contributed by atoms with E-state index >= 15 is 0 Å². The molecule has 0 saturated heterocycles. The second-order valence-corrected chi connectivity index (χ2v) is 14.1. The van der Waals surface area contributed by atoms with E-state index in [1.165, 1.54) is 81.8 Å². The number of nitrogens with zero attached hydrogens (tertiary/aromatic N) is 3. The van der Waals surface area contributed by atoms with E-state index in [0.717, 1.165) is 22.7 Å². The molecule has 0 aliphatic carbocycles. The minimum absolute atomic E-state index is 1.13. The van der Waals surface area contributed by atoms with Crippen molar-refractivity contribution in [3.05, 3.63) is 188 Å². The Morgan fingerprint density at radius 3 is 1.62 bits per heavy atom. The van der Waals surface area contributed by atoms with Crippen LogP contribution in [-0.4, -0.2) is 8.97 Å². The van der Waals surface area contributed by atoms with Crippen molar-refractivity contribution in [3.8, 4) is 16.8 Å². The van der Waals surface area contributed by atoms with Gasteiger partial charge in [-0.2, -0.15) is 0 Å². The summed E-state index contributed by atoms with van der Waals surface area (Å²) in [5, 5.41) is 10.5. The van der Waals surface area contributed by atoms with Gasteiger partial charge in [0.05, 0.1) is 27.6 Å². The smallest absolute Gasteiger partial charge is 0.0641 e. The van der Waals surface area contributed by atoms with Crippen LogP contribution < -0.4 is 4.90 Å². The van der Waals surface area contributed by atoms with E-state index in [-0.39, 0.29) is 0 Å². The first kappa shape index (κ1) is 28.6. The van der Waals surface area contributed by atoms with E-state index in [1.54, 1.807) is 0 Å². The minimum atomic E-state index is 1.13. The average Bonchev–Trinajstić information content (AvgIpc) is 3.70. The Balaban J connectivity index is 1.04. The molecule has 0 aliphatic rings. The fourth-order valence-electron chi connectivity index (χ4n) is 9.14. The van der Waals surface area contributed by atoms with Crippen LogP contribution in [0.25, 0.3) is 87.5 Å². The Bertz CT molecular complexity index is 3260. The van der Waals surface area contributed by atoms with Gasteiger partial charge >= 0.3 is 0 Å². The van der Waals surface area contributed by atoms with Gasteiger partial charge in [0.25, 0.3) is 0 Å². The Morgan fingerprint density at radius 2 is 0.887 bits per heavy atom. The molecule has 0 aliphatic heterocycles. The molecule has 0 radical (unpaired) electrons. The van der Waals surface area contributed by atoms with Crippen molar-refractivity contribution in [1.29, 1.82) is 0 Å². The van der Waals surface area contributed by atoms with Gasteiger partial charge in [-0.3, -0.25) is 0 Å². The predicted octanol–water partition coefficient (Wildman–Crippen LogP) is 13.7. The van der Waals surface area contributed by atoms with Gasteiger partial charge in [0.15, 0.2) is 0 Å². The first-order valence-electron chi connectivity index (χ1n) is 18.3. The zero-order chi connectivity index (χ0) is 34.6. The normalized spacial score (nSPS) is 12.2. The molecule has 0 amide bonds. The molecule has 3 aromatic heterocycles. The van der Waals surface area contributed by atoms with Crippen molar-refractivity contribution in [2.75, 3.05) is 4.90 Å². The number of aromatic nitrogens is 2. The SMILES string of the molecule is c1ccc(N(c2ccccc2)c2ccc(-c3ccc(-n4c5ccc6ccc7cccc8c7c6c5c5c4ccc4c6ccccc6n8c45)cc3)cc2)cc1. The molecular weight excluding hydrogens is 643 g/mol. The zero-order valence-corrected chi connectivity index (χ0v) is 28.7. The van der Waals surface area contributed by atoms with Crippen molar-refractivity contribution in [2.24, 2.45) is 0 Å². The molecular formula is C50H31N3. The highest BCUT2D eigenvalue weighted by molar-refractivity contribution is 6.37. The maximum Gasteiger partial charge on any atom is 0.0641 e. The second kappa shape index (κ2) is 10.7. The molecule has 0 spiro atoms. The molecule has 3 heteroatoms. The summed E-state index contributed by atoms with van der Waals surface area (Å²) in [6.07, 6.45) is 0. The molecule has 0 N–H and O–H groups in total. The average molecular weight is 674 g/mol. The highest BCUT2D eigenvalue weighted by Crippen LogP contribution is 2.47. The lowest BCUT2D eigenvalue weighted by atomic mass is 9.97. The fourth-order valence-corrected chi connectivity index (χ4v) is 9.14.